The molecule has 0 unspecified atom stereocenters. The van der Waals surface area contributed by atoms with Gasteiger partial charge in [0.15, 0.2) is 0 Å². The molecule has 2 heterocycles. The van der Waals surface area contributed by atoms with Gasteiger partial charge in [0.05, 0.1) is 18.8 Å². The summed E-state index contributed by atoms with van der Waals surface area (Å²) in [6, 6.07) is 24.0. The molecule has 3 aromatic carbocycles. The van der Waals surface area contributed by atoms with E-state index in [-0.39, 0.29) is 6.04 Å². The molecule has 8 heteroatoms. The average Bonchev–Trinajstić information content (AvgIpc) is 3.54. The average molecular weight is 559 g/mol. The first-order chi connectivity index (χ1) is 19.2. The second kappa shape index (κ2) is 10.4. The maximum Gasteiger partial charge on any atom is 0.211 e. The Balaban J connectivity index is 1.38. The molecule has 1 saturated carbocycles. The number of hydrogen-bond acceptors (Lipinski definition) is 6. The van der Waals surface area contributed by atoms with Gasteiger partial charge in [-0.3, -0.25) is 0 Å². The van der Waals surface area contributed by atoms with Crippen molar-refractivity contribution in [2.24, 2.45) is 0 Å². The number of nitrogens with zero attached hydrogens (tertiary/aromatic N) is 2. The summed E-state index contributed by atoms with van der Waals surface area (Å²) in [5.74, 6) is 2.96. The van der Waals surface area contributed by atoms with Crippen molar-refractivity contribution in [1.82, 2.24) is 9.29 Å². The zero-order chi connectivity index (χ0) is 27.9. The number of benzene rings is 3. The van der Waals surface area contributed by atoms with Gasteiger partial charge in [-0.05, 0) is 67.5 Å². The number of oxazole rings is 1. The van der Waals surface area contributed by atoms with Crippen molar-refractivity contribution in [2.75, 3.05) is 13.4 Å². The fourth-order valence-electron chi connectivity index (χ4n) is 6.21. The Morgan fingerprint density at radius 1 is 1.07 bits per heavy atom. The summed E-state index contributed by atoms with van der Waals surface area (Å²) in [6.45, 7) is 2.53. The van der Waals surface area contributed by atoms with E-state index >= 15 is 0 Å². The Morgan fingerprint density at radius 3 is 2.65 bits per heavy atom. The van der Waals surface area contributed by atoms with E-state index in [4.69, 9.17) is 18.9 Å². The van der Waals surface area contributed by atoms with Crippen molar-refractivity contribution in [1.29, 1.82) is 0 Å². The molecular weight excluding hydrogens is 524 g/mol. The van der Waals surface area contributed by atoms with E-state index in [1.54, 1.807) is 11.4 Å². The Hall–Kier alpha value is -3.62. The van der Waals surface area contributed by atoms with Crippen LogP contribution in [0.5, 0.6) is 11.5 Å². The van der Waals surface area contributed by atoms with Crippen molar-refractivity contribution in [3.8, 4) is 22.6 Å². The maximum atomic E-state index is 13.1. The highest BCUT2D eigenvalue weighted by Crippen LogP contribution is 2.47. The van der Waals surface area contributed by atoms with E-state index in [0.717, 1.165) is 58.0 Å². The molecule has 2 atom stereocenters. The lowest BCUT2D eigenvalue weighted by Gasteiger charge is -2.30. The number of para-hydroxylation sites is 1. The molecule has 4 bridgehead atoms. The normalized spacial score (nSPS) is 20.4. The van der Waals surface area contributed by atoms with Gasteiger partial charge in [-0.25, -0.2) is 13.4 Å². The second-order valence-electron chi connectivity index (χ2n) is 11.0. The van der Waals surface area contributed by atoms with Gasteiger partial charge in [0.25, 0.3) is 0 Å². The number of hydrogen-bond donors (Lipinski definition) is 0. The van der Waals surface area contributed by atoms with E-state index in [2.05, 4.69) is 30.3 Å². The molecule has 7 nitrogen and oxygen atoms in total. The smallest absolute Gasteiger partial charge is 0.211 e. The molecule has 0 saturated heterocycles. The monoisotopic (exact) mass is 558 g/mol. The van der Waals surface area contributed by atoms with Crippen LogP contribution >= 0.6 is 0 Å². The summed E-state index contributed by atoms with van der Waals surface area (Å²) in [6.07, 6.45) is 4.12. The number of sulfonamides is 1. The summed E-state index contributed by atoms with van der Waals surface area (Å²) >= 11 is 0. The molecule has 6 rings (SSSR count). The van der Waals surface area contributed by atoms with E-state index < -0.39 is 15.4 Å². The van der Waals surface area contributed by atoms with Crippen LogP contribution in [-0.2, 0) is 35.0 Å². The molecule has 1 spiro atoms. The SMILES string of the molecule is COc1ccc(CN([C@H]2CC[C@@]3(Cc4cccc(c4)-c4ccccc4OCc4nc3oc4C)C2)S(C)(=O)=O)cc1. The molecule has 208 valence electrons. The zero-order valence-corrected chi connectivity index (χ0v) is 23.9. The third-order valence-corrected chi connectivity index (χ3v) is 9.57. The molecular formula is C32H34N2O5S. The topological polar surface area (TPSA) is 81.9 Å². The summed E-state index contributed by atoms with van der Waals surface area (Å²) in [5, 5.41) is 0. The van der Waals surface area contributed by atoms with Crippen LogP contribution in [0, 0.1) is 6.92 Å². The van der Waals surface area contributed by atoms with E-state index in [9.17, 15) is 8.42 Å². The Bertz CT molecular complexity index is 1630. The minimum absolute atomic E-state index is 0.180. The third-order valence-electron chi connectivity index (χ3n) is 8.29. The summed E-state index contributed by atoms with van der Waals surface area (Å²) < 4.78 is 45.8. The lowest BCUT2D eigenvalue weighted by Crippen LogP contribution is -2.39. The largest absolute Gasteiger partial charge is 0.497 e. The highest BCUT2D eigenvalue weighted by molar-refractivity contribution is 7.88. The van der Waals surface area contributed by atoms with Gasteiger partial charge in [-0.15, -0.1) is 0 Å². The number of fused-ring (bicyclic) bond motifs is 7. The molecule has 0 radical (unpaired) electrons. The number of rotatable bonds is 5. The fourth-order valence-corrected chi connectivity index (χ4v) is 7.31. The zero-order valence-electron chi connectivity index (χ0n) is 23.1. The van der Waals surface area contributed by atoms with Gasteiger partial charge in [-0.1, -0.05) is 54.6 Å². The van der Waals surface area contributed by atoms with Crippen molar-refractivity contribution in [2.45, 2.75) is 57.2 Å². The van der Waals surface area contributed by atoms with Crippen molar-refractivity contribution >= 4 is 10.0 Å². The van der Waals surface area contributed by atoms with Gasteiger partial charge in [0.1, 0.15) is 29.6 Å². The van der Waals surface area contributed by atoms with Gasteiger partial charge < -0.3 is 13.9 Å². The molecule has 2 aliphatic rings. The van der Waals surface area contributed by atoms with Crippen LogP contribution in [0.2, 0.25) is 0 Å². The first-order valence-corrected chi connectivity index (χ1v) is 15.5. The van der Waals surface area contributed by atoms with E-state index in [0.29, 0.717) is 31.9 Å². The minimum Gasteiger partial charge on any atom is -0.497 e. The first-order valence-electron chi connectivity index (χ1n) is 13.6. The Kier molecular flexibility index (Phi) is 6.92. The number of methoxy groups -OCH3 is 1. The molecule has 1 aliphatic carbocycles. The predicted molar refractivity (Wildman–Crippen MR) is 154 cm³/mol. The minimum atomic E-state index is -3.48. The summed E-state index contributed by atoms with van der Waals surface area (Å²) in [7, 11) is -1.86. The van der Waals surface area contributed by atoms with Gasteiger partial charge in [0.2, 0.25) is 15.9 Å². The standard InChI is InChI=1S/C32H34N2O5S/c1-22-29-21-38-30-10-5-4-9-28(30)25-8-6-7-24(17-25)18-32(31(33-29)39-22)16-15-26(19-32)34(40(3,35)36)20-23-11-13-27(37-2)14-12-23/h4-14,17,26H,15-16,18-21H2,1-3H3/t26-,32+/m0/s1. The Morgan fingerprint density at radius 2 is 1.88 bits per heavy atom. The molecule has 1 fully saturated rings. The summed E-state index contributed by atoms with van der Waals surface area (Å²) in [4.78, 5) is 4.98. The lowest BCUT2D eigenvalue weighted by molar-refractivity contribution is 0.273. The van der Waals surface area contributed by atoms with Crippen LogP contribution in [0.4, 0.5) is 0 Å². The van der Waals surface area contributed by atoms with Gasteiger partial charge in [-0.2, -0.15) is 4.31 Å². The highest BCUT2D eigenvalue weighted by Gasteiger charge is 2.48. The van der Waals surface area contributed by atoms with Crippen LogP contribution in [0.25, 0.3) is 11.1 Å². The number of aryl methyl sites for hydroxylation is 1. The summed E-state index contributed by atoms with van der Waals surface area (Å²) in [5.41, 5.74) is 4.54. The molecule has 4 aromatic rings. The van der Waals surface area contributed by atoms with Crippen LogP contribution in [0.1, 0.15) is 47.7 Å². The lowest BCUT2D eigenvalue weighted by atomic mass is 9.79. The molecule has 0 N–H and O–H groups in total. The molecule has 0 amide bonds. The fraction of sp³-hybridized carbons (Fsp3) is 0.344. The van der Waals surface area contributed by atoms with Gasteiger partial charge >= 0.3 is 0 Å². The number of ether oxygens (including phenoxy) is 2. The molecule has 1 aliphatic heterocycles. The van der Waals surface area contributed by atoms with Crippen molar-refractivity contribution < 1.29 is 22.3 Å². The van der Waals surface area contributed by atoms with E-state index in [1.807, 2.05) is 49.4 Å². The van der Waals surface area contributed by atoms with Gasteiger partial charge in [0, 0.05) is 18.2 Å². The predicted octanol–water partition coefficient (Wildman–Crippen LogP) is 6.05. The molecule has 40 heavy (non-hydrogen) atoms. The third kappa shape index (κ3) is 5.13. The van der Waals surface area contributed by atoms with Crippen molar-refractivity contribution in [3.05, 3.63) is 101 Å². The second-order valence-corrected chi connectivity index (χ2v) is 13.0. The van der Waals surface area contributed by atoms with Crippen LogP contribution in [-0.4, -0.2) is 37.1 Å². The maximum absolute atomic E-state index is 13.1. The Labute approximate surface area is 235 Å². The first kappa shape index (κ1) is 26.6. The van der Waals surface area contributed by atoms with Crippen molar-refractivity contribution in [3.63, 3.8) is 0 Å². The quantitative estimate of drug-likeness (QED) is 0.297. The number of aromatic nitrogens is 1. The van der Waals surface area contributed by atoms with Crippen LogP contribution < -0.4 is 9.47 Å². The van der Waals surface area contributed by atoms with E-state index in [1.165, 1.54) is 6.26 Å². The highest BCUT2D eigenvalue weighted by atomic mass is 32.2. The van der Waals surface area contributed by atoms with Crippen LogP contribution in [0.15, 0.2) is 77.2 Å². The molecule has 1 aromatic heterocycles. The van der Waals surface area contributed by atoms with Crippen LogP contribution in [0.3, 0.4) is 0 Å².